The van der Waals surface area contributed by atoms with Crippen LogP contribution in [0, 0.1) is 0 Å². The Balaban J connectivity index is 1.57. The Morgan fingerprint density at radius 1 is 1.06 bits per heavy atom. The molecule has 1 saturated heterocycles. The summed E-state index contributed by atoms with van der Waals surface area (Å²) in [7, 11) is 1.66. The molecule has 0 radical (unpaired) electrons. The fraction of sp³-hybridized carbons (Fsp3) is 0.360. The lowest BCUT2D eigenvalue weighted by atomic mass is 9.76. The van der Waals surface area contributed by atoms with Crippen molar-refractivity contribution in [3.05, 3.63) is 65.4 Å². The second-order valence-electron chi connectivity index (χ2n) is 9.03. The second-order valence-corrected chi connectivity index (χ2v) is 9.03. The van der Waals surface area contributed by atoms with Crippen LogP contribution >= 0.6 is 0 Å². The van der Waals surface area contributed by atoms with Crippen molar-refractivity contribution in [2.45, 2.75) is 37.3 Å². The average molecular weight is 415 g/mol. The number of methoxy groups -OCH3 is 1. The highest BCUT2D eigenvalue weighted by molar-refractivity contribution is 6.01. The summed E-state index contributed by atoms with van der Waals surface area (Å²) in [4.78, 5) is 34.2. The molecular weight excluding hydrogens is 390 g/mol. The first-order valence-electron chi connectivity index (χ1n) is 10.9. The molecule has 6 heteroatoms. The quantitative estimate of drug-likeness (QED) is 0.713. The van der Waals surface area contributed by atoms with E-state index in [1.807, 2.05) is 42.2 Å². The van der Waals surface area contributed by atoms with Crippen LogP contribution in [0.15, 0.2) is 48.5 Å². The van der Waals surface area contributed by atoms with Gasteiger partial charge < -0.3 is 19.5 Å². The Morgan fingerprint density at radius 2 is 1.81 bits per heavy atom. The van der Waals surface area contributed by atoms with Crippen LogP contribution in [-0.4, -0.2) is 52.8 Å². The highest BCUT2D eigenvalue weighted by Crippen LogP contribution is 2.49. The Bertz CT molecular complexity index is 1210. The van der Waals surface area contributed by atoms with Gasteiger partial charge >= 0.3 is 0 Å². The number of nitrogens with zero attached hydrogens (tertiary/aromatic N) is 2. The second kappa shape index (κ2) is 6.36. The first-order chi connectivity index (χ1) is 15.0. The van der Waals surface area contributed by atoms with E-state index in [1.54, 1.807) is 12.0 Å². The molecule has 2 aliphatic heterocycles. The summed E-state index contributed by atoms with van der Waals surface area (Å²) in [6.07, 6.45) is 1.98. The number of nitrogens with one attached hydrogen (secondary N) is 1. The number of fused-ring (bicyclic) bond motifs is 5. The highest BCUT2D eigenvalue weighted by atomic mass is 16.5. The number of piperazine rings is 1. The lowest BCUT2D eigenvalue weighted by molar-refractivity contribution is -0.166. The molecule has 6 rings (SSSR count). The zero-order valence-corrected chi connectivity index (χ0v) is 17.7. The molecule has 0 spiro atoms. The molecule has 3 heterocycles. The molecule has 1 unspecified atom stereocenters. The molecule has 3 aliphatic rings. The third-order valence-electron chi connectivity index (χ3n) is 7.28. The third kappa shape index (κ3) is 2.51. The molecule has 31 heavy (non-hydrogen) atoms. The molecule has 2 aromatic carbocycles. The zero-order valence-electron chi connectivity index (χ0n) is 17.7. The van der Waals surface area contributed by atoms with Crippen LogP contribution in [0.2, 0.25) is 0 Å². The molecule has 158 valence electrons. The van der Waals surface area contributed by atoms with Crippen LogP contribution in [0.4, 0.5) is 0 Å². The van der Waals surface area contributed by atoms with Crippen LogP contribution in [0.1, 0.15) is 42.5 Å². The van der Waals surface area contributed by atoms with Crippen molar-refractivity contribution in [2.75, 3.05) is 20.2 Å². The van der Waals surface area contributed by atoms with Crippen molar-refractivity contribution in [3.8, 4) is 5.75 Å². The number of H-pyrrole nitrogens is 1. The number of rotatable bonds is 3. The summed E-state index contributed by atoms with van der Waals surface area (Å²) in [6.45, 7) is 2.59. The minimum Gasteiger partial charge on any atom is -0.497 e. The van der Waals surface area contributed by atoms with Gasteiger partial charge in [0.25, 0.3) is 5.91 Å². The lowest BCUT2D eigenvalue weighted by Crippen LogP contribution is -2.67. The van der Waals surface area contributed by atoms with E-state index in [1.165, 1.54) is 0 Å². The molecule has 2 amide bonds. The molecule has 1 aromatic heterocycles. The van der Waals surface area contributed by atoms with Gasteiger partial charge in [0, 0.05) is 29.4 Å². The molecule has 3 aromatic rings. The summed E-state index contributed by atoms with van der Waals surface area (Å²) in [5.41, 5.74) is 3.08. The first kappa shape index (κ1) is 18.5. The van der Waals surface area contributed by atoms with E-state index in [9.17, 15) is 9.59 Å². The van der Waals surface area contributed by atoms with E-state index in [4.69, 9.17) is 4.74 Å². The SMILES string of the molecule is COc1ccc(C2CN3C(=O)CN(C4CC4)C(=O)[C@]3(C)c3[nH]c4ccccc4c32)cc1. The van der Waals surface area contributed by atoms with Gasteiger partial charge in [0.1, 0.15) is 12.3 Å². The maximum absolute atomic E-state index is 13.8. The van der Waals surface area contributed by atoms with Gasteiger partial charge in [0.15, 0.2) is 5.54 Å². The lowest BCUT2D eigenvalue weighted by Gasteiger charge is -2.51. The summed E-state index contributed by atoms with van der Waals surface area (Å²) >= 11 is 0. The fourth-order valence-electron chi connectivity index (χ4n) is 5.45. The monoisotopic (exact) mass is 415 g/mol. The third-order valence-corrected chi connectivity index (χ3v) is 7.28. The number of aromatic nitrogens is 1. The number of carbonyl (C=O) groups is 2. The van der Waals surface area contributed by atoms with Gasteiger partial charge in [-0.15, -0.1) is 0 Å². The van der Waals surface area contributed by atoms with Gasteiger partial charge in [-0.1, -0.05) is 30.3 Å². The predicted molar refractivity (Wildman–Crippen MR) is 117 cm³/mol. The first-order valence-corrected chi connectivity index (χ1v) is 10.9. The van der Waals surface area contributed by atoms with Gasteiger partial charge in [0.2, 0.25) is 5.91 Å². The number of hydrogen-bond donors (Lipinski definition) is 1. The van der Waals surface area contributed by atoms with Gasteiger partial charge in [-0.25, -0.2) is 0 Å². The maximum Gasteiger partial charge on any atom is 0.255 e. The van der Waals surface area contributed by atoms with Crippen LogP contribution in [0.3, 0.4) is 0 Å². The summed E-state index contributed by atoms with van der Waals surface area (Å²) < 4.78 is 5.33. The molecule has 0 bridgehead atoms. The van der Waals surface area contributed by atoms with Crippen LogP contribution in [0.25, 0.3) is 10.9 Å². The number of aromatic amines is 1. The van der Waals surface area contributed by atoms with Gasteiger partial charge in [0.05, 0.1) is 12.8 Å². The molecule has 6 nitrogen and oxygen atoms in total. The number of benzene rings is 2. The standard InChI is InChI=1S/C25H25N3O3/c1-25-23-22(18-5-3-4-6-20(18)26-23)19(15-7-11-17(31-2)12-8-15)13-28(25)21(29)14-27(24(25)30)16-9-10-16/h3-8,11-12,16,19,26H,9-10,13-14H2,1-2H3/t19?,25-/m0/s1. The minimum absolute atomic E-state index is 0.0191. The summed E-state index contributed by atoms with van der Waals surface area (Å²) in [5, 5.41) is 1.11. The number of amides is 2. The Kier molecular flexibility index (Phi) is 3.79. The molecule has 1 N–H and O–H groups in total. The molecule has 2 atom stereocenters. The van der Waals surface area contributed by atoms with Crippen molar-refractivity contribution in [1.29, 1.82) is 0 Å². The number of hydrogen-bond acceptors (Lipinski definition) is 3. The van der Waals surface area contributed by atoms with E-state index in [0.29, 0.717) is 6.54 Å². The Hall–Kier alpha value is -3.28. The number of para-hydroxylation sites is 1. The van der Waals surface area contributed by atoms with Crippen molar-refractivity contribution in [3.63, 3.8) is 0 Å². The van der Waals surface area contributed by atoms with Crippen LogP contribution in [-0.2, 0) is 15.1 Å². The van der Waals surface area contributed by atoms with E-state index >= 15 is 0 Å². The molecular formula is C25H25N3O3. The van der Waals surface area contributed by atoms with Crippen LogP contribution < -0.4 is 4.74 Å². The molecule has 1 saturated carbocycles. The van der Waals surface area contributed by atoms with Crippen molar-refractivity contribution in [2.24, 2.45) is 0 Å². The average Bonchev–Trinajstić information content (AvgIpc) is 3.56. The van der Waals surface area contributed by atoms with E-state index in [2.05, 4.69) is 23.2 Å². The maximum atomic E-state index is 13.8. The fourth-order valence-corrected chi connectivity index (χ4v) is 5.45. The van der Waals surface area contributed by atoms with Crippen molar-refractivity contribution in [1.82, 2.24) is 14.8 Å². The Morgan fingerprint density at radius 3 is 2.52 bits per heavy atom. The summed E-state index contributed by atoms with van der Waals surface area (Å²) in [5.74, 6) is 0.842. The van der Waals surface area contributed by atoms with Crippen molar-refractivity contribution < 1.29 is 14.3 Å². The Labute approximate surface area is 180 Å². The number of ether oxygens (including phenoxy) is 1. The zero-order chi connectivity index (χ0) is 21.3. The predicted octanol–water partition coefficient (Wildman–Crippen LogP) is 3.37. The number of carbonyl (C=O) groups excluding carboxylic acids is 2. The van der Waals surface area contributed by atoms with Gasteiger partial charge in [-0.05, 0) is 49.1 Å². The van der Waals surface area contributed by atoms with Crippen LogP contribution in [0.5, 0.6) is 5.75 Å². The van der Waals surface area contributed by atoms with Crippen molar-refractivity contribution >= 4 is 22.7 Å². The molecule has 2 fully saturated rings. The molecule has 1 aliphatic carbocycles. The van der Waals surface area contributed by atoms with E-state index in [0.717, 1.165) is 46.3 Å². The minimum atomic E-state index is -1.00. The smallest absolute Gasteiger partial charge is 0.255 e. The van der Waals surface area contributed by atoms with E-state index < -0.39 is 5.54 Å². The largest absolute Gasteiger partial charge is 0.497 e. The normalized spacial score (nSPS) is 25.5. The van der Waals surface area contributed by atoms with Gasteiger partial charge in [-0.3, -0.25) is 9.59 Å². The summed E-state index contributed by atoms with van der Waals surface area (Å²) in [6, 6.07) is 16.4. The van der Waals surface area contributed by atoms with E-state index in [-0.39, 0.29) is 30.3 Å². The topological polar surface area (TPSA) is 65.6 Å². The highest BCUT2D eigenvalue weighted by Gasteiger charge is 2.58. The van der Waals surface area contributed by atoms with Gasteiger partial charge in [-0.2, -0.15) is 0 Å².